The maximum Gasteiger partial charge on any atom is 0.282 e. The molecule has 0 radical (unpaired) electrons. The van der Waals surface area contributed by atoms with E-state index >= 15 is 0 Å². The Morgan fingerprint density at radius 3 is 2.21 bits per heavy atom. The minimum atomic E-state index is -0.465. The lowest BCUT2D eigenvalue weighted by atomic mass is 10.0. The number of nitrogens with zero attached hydrogens (tertiary/aromatic N) is 1. The molecule has 0 saturated heterocycles. The van der Waals surface area contributed by atoms with Crippen LogP contribution in [0.4, 0.5) is 11.4 Å². The number of rotatable bonds is 8. The van der Waals surface area contributed by atoms with E-state index in [2.05, 4.69) is 5.32 Å². The molecule has 7 heteroatoms. The zero-order chi connectivity index (χ0) is 23.4. The quantitative estimate of drug-likeness (QED) is 0.445. The van der Waals surface area contributed by atoms with Crippen LogP contribution in [0.1, 0.15) is 19.4 Å². The summed E-state index contributed by atoms with van der Waals surface area (Å²) >= 11 is 6.13. The van der Waals surface area contributed by atoms with Crippen LogP contribution in [0.3, 0.4) is 0 Å². The van der Waals surface area contributed by atoms with Gasteiger partial charge in [0, 0.05) is 16.8 Å². The van der Waals surface area contributed by atoms with Crippen molar-refractivity contribution in [3.8, 4) is 11.5 Å². The minimum Gasteiger partial charge on any atom is -0.494 e. The van der Waals surface area contributed by atoms with Gasteiger partial charge in [-0.05, 0) is 61.9 Å². The van der Waals surface area contributed by atoms with E-state index in [0.29, 0.717) is 46.7 Å². The molecule has 33 heavy (non-hydrogen) atoms. The van der Waals surface area contributed by atoms with E-state index in [-0.39, 0.29) is 11.3 Å². The number of imide groups is 1. The van der Waals surface area contributed by atoms with E-state index in [4.69, 9.17) is 21.1 Å². The number of anilines is 2. The molecule has 1 N–H and O–H groups in total. The average molecular weight is 463 g/mol. The van der Waals surface area contributed by atoms with Gasteiger partial charge in [-0.25, -0.2) is 4.90 Å². The molecule has 0 saturated carbocycles. The Hall–Kier alpha value is -3.77. The number of hydrogen-bond donors (Lipinski definition) is 1. The van der Waals surface area contributed by atoms with Gasteiger partial charge >= 0.3 is 0 Å². The largest absolute Gasteiger partial charge is 0.494 e. The molecule has 3 aromatic rings. The zero-order valence-corrected chi connectivity index (χ0v) is 19.1. The number of nitrogens with one attached hydrogen (secondary N) is 1. The summed E-state index contributed by atoms with van der Waals surface area (Å²) in [7, 11) is 0. The number of carbonyl (C=O) groups is 2. The first-order chi connectivity index (χ1) is 16.0. The van der Waals surface area contributed by atoms with E-state index in [1.807, 2.05) is 32.0 Å². The smallest absolute Gasteiger partial charge is 0.282 e. The Morgan fingerprint density at radius 2 is 1.52 bits per heavy atom. The highest BCUT2D eigenvalue weighted by Gasteiger charge is 2.40. The molecular weight excluding hydrogens is 440 g/mol. The van der Waals surface area contributed by atoms with Crippen molar-refractivity contribution in [3.05, 3.63) is 89.1 Å². The maximum absolute atomic E-state index is 13.5. The van der Waals surface area contributed by atoms with Gasteiger partial charge < -0.3 is 14.8 Å². The molecular formula is C26H23ClN2O4. The fourth-order valence-corrected chi connectivity index (χ4v) is 3.81. The molecule has 2 amide bonds. The maximum atomic E-state index is 13.5. The van der Waals surface area contributed by atoms with Gasteiger partial charge in [0.15, 0.2) is 0 Å². The van der Waals surface area contributed by atoms with Crippen LogP contribution in [0.25, 0.3) is 5.57 Å². The number of amides is 2. The van der Waals surface area contributed by atoms with E-state index in [9.17, 15) is 9.59 Å². The van der Waals surface area contributed by atoms with Crippen LogP contribution < -0.4 is 19.7 Å². The average Bonchev–Trinajstić information content (AvgIpc) is 3.04. The molecule has 0 aliphatic carbocycles. The van der Waals surface area contributed by atoms with Crippen molar-refractivity contribution >= 4 is 40.4 Å². The van der Waals surface area contributed by atoms with E-state index in [0.717, 1.165) is 4.90 Å². The standard InChI is InChI=1S/C26H23ClN2O4/c1-3-32-21-13-11-17(12-14-21)23-24(28-19-8-6-10-22(16-19)33-4-2)26(31)29(25(23)30)20-9-5-7-18(27)15-20/h5-16,28H,3-4H2,1-2H3. The van der Waals surface area contributed by atoms with Crippen molar-refractivity contribution < 1.29 is 19.1 Å². The normalized spacial score (nSPS) is 13.5. The topological polar surface area (TPSA) is 67.9 Å². The van der Waals surface area contributed by atoms with Crippen LogP contribution in [0.15, 0.2) is 78.5 Å². The SMILES string of the molecule is CCOc1ccc(C2=C(Nc3cccc(OCC)c3)C(=O)N(c3cccc(Cl)c3)C2=O)cc1. The van der Waals surface area contributed by atoms with Crippen LogP contribution in [0.2, 0.25) is 5.02 Å². The van der Waals surface area contributed by atoms with Crippen molar-refractivity contribution in [2.75, 3.05) is 23.4 Å². The highest BCUT2D eigenvalue weighted by molar-refractivity contribution is 6.46. The van der Waals surface area contributed by atoms with Crippen molar-refractivity contribution in [3.63, 3.8) is 0 Å². The highest BCUT2D eigenvalue weighted by Crippen LogP contribution is 2.35. The molecule has 0 aromatic heterocycles. The Balaban J connectivity index is 1.78. The summed E-state index contributed by atoms with van der Waals surface area (Å²) in [6, 6.07) is 21.0. The number of hydrogen-bond acceptors (Lipinski definition) is 5. The Labute approximate surface area is 197 Å². The fourth-order valence-electron chi connectivity index (χ4n) is 3.62. The third-order valence-electron chi connectivity index (χ3n) is 5.02. The molecule has 0 spiro atoms. The zero-order valence-electron chi connectivity index (χ0n) is 18.3. The molecule has 0 atom stereocenters. The van der Waals surface area contributed by atoms with Crippen LogP contribution in [0.5, 0.6) is 11.5 Å². The summed E-state index contributed by atoms with van der Waals surface area (Å²) in [4.78, 5) is 28.1. The summed E-state index contributed by atoms with van der Waals surface area (Å²) in [5.41, 5.74) is 2.08. The third-order valence-corrected chi connectivity index (χ3v) is 5.25. The van der Waals surface area contributed by atoms with Crippen LogP contribution in [0, 0.1) is 0 Å². The van der Waals surface area contributed by atoms with Gasteiger partial charge in [0.25, 0.3) is 11.8 Å². The van der Waals surface area contributed by atoms with E-state index in [1.165, 1.54) is 0 Å². The first-order valence-corrected chi connectivity index (χ1v) is 11.0. The Morgan fingerprint density at radius 1 is 0.818 bits per heavy atom. The van der Waals surface area contributed by atoms with Crippen LogP contribution >= 0.6 is 11.6 Å². The van der Waals surface area contributed by atoms with Gasteiger partial charge in [-0.2, -0.15) is 0 Å². The van der Waals surface area contributed by atoms with Gasteiger partial charge in [-0.3, -0.25) is 9.59 Å². The first kappa shape index (κ1) is 22.4. The van der Waals surface area contributed by atoms with Gasteiger partial charge in [-0.15, -0.1) is 0 Å². The van der Waals surface area contributed by atoms with Gasteiger partial charge in [0.2, 0.25) is 0 Å². The molecule has 1 heterocycles. The lowest BCUT2D eigenvalue weighted by molar-refractivity contribution is -0.120. The number of benzene rings is 3. The summed E-state index contributed by atoms with van der Waals surface area (Å²) < 4.78 is 11.1. The molecule has 4 rings (SSSR count). The fraction of sp³-hybridized carbons (Fsp3) is 0.154. The highest BCUT2D eigenvalue weighted by atomic mass is 35.5. The molecule has 0 fully saturated rings. The predicted molar refractivity (Wildman–Crippen MR) is 130 cm³/mol. The number of carbonyl (C=O) groups excluding carboxylic acids is 2. The second-order valence-corrected chi connectivity index (χ2v) is 7.66. The Kier molecular flexibility index (Phi) is 6.66. The van der Waals surface area contributed by atoms with Gasteiger partial charge in [0.05, 0.1) is 24.5 Å². The Bertz CT molecular complexity index is 1220. The van der Waals surface area contributed by atoms with Crippen molar-refractivity contribution in [1.29, 1.82) is 0 Å². The van der Waals surface area contributed by atoms with Crippen molar-refractivity contribution in [2.24, 2.45) is 0 Å². The second kappa shape index (κ2) is 9.79. The predicted octanol–water partition coefficient (Wildman–Crippen LogP) is 5.53. The van der Waals surface area contributed by atoms with Crippen LogP contribution in [-0.4, -0.2) is 25.0 Å². The third kappa shape index (κ3) is 4.71. The molecule has 6 nitrogen and oxygen atoms in total. The monoisotopic (exact) mass is 462 g/mol. The number of halogens is 1. The lowest BCUT2D eigenvalue weighted by Crippen LogP contribution is -2.32. The van der Waals surface area contributed by atoms with Crippen molar-refractivity contribution in [1.82, 2.24) is 0 Å². The molecule has 168 valence electrons. The van der Waals surface area contributed by atoms with Crippen molar-refractivity contribution in [2.45, 2.75) is 13.8 Å². The molecule has 0 bridgehead atoms. The van der Waals surface area contributed by atoms with Crippen LogP contribution in [-0.2, 0) is 9.59 Å². The second-order valence-electron chi connectivity index (χ2n) is 7.22. The van der Waals surface area contributed by atoms with Gasteiger partial charge in [0.1, 0.15) is 17.2 Å². The summed E-state index contributed by atoms with van der Waals surface area (Å²) in [6.07, 6.45) is 0. The first-order valence-electron chi connectivity index (χ1n) is 10.6. The molecule has 1 aliphatic heterocycles. The van der Waals surface area contributed by atoms with E-state index < -0.39 is 11.8 Å². The number of ether oxygens (including phenoxy) is 2. The summed E-state index contributed by atoms with van der Waals surface area (Å²) in [5, 5.41) is 3.58. The summed E-state index contributed by atoms with van der Waals surface area (Å²) in [6.45, 7) is 4.85. The van der Waals surface area contributed by atoms with E-state index in [1.54, 1.807) is 54.6 Å². The van der Waals surface area contributed by atoms with Gasteiger partial charge in [-0.1, -0.05) is 35.9 Å². The summed E-state index contributed by atoms with van der Waals surface area (Å²) in [5.74, 6) is 0.446. The molecule has 3 aromatic carbocycles. The lowest BCUT2D eigenvalue weighted by Gasteiger charge is -2.16. The molecule has 0 unspecified atom stereocenters. The minimum absolute atomic E-state index is 0.179. The molecule has 1 aliphatic rings.